The molecule has 2 rings (SSSR count). The molecule has 0 unspecified atom stereocenters. The first kappa shape index (κ1) is 14.3. The van der Waals surface area contributed by atoms with Crippen molar-refractivity contribution < 1.29 is 17.6 Å². The van der Waals surface area contributed by atoms with E-state index >= 15 is 0 Å². The Balaban J connectivity index is 2.30. The average molecular weight is 280 g/mol. The van der Waals surface area contributed by atoms with Crippen LogP contribution < -0.4 is 0 Å². The predicted molar refractivity (Wildman–Crippen MR) is 71.7 cm³/mol. The molecule has 0 fully saturated rings. The maximum absolute atomic E-state index is 13.8. The molecule has 0 bridgehead atoms. The van der Waals surface area contributed by atoms with Crippen LogP contribution in [0.15, 0.2) is 48.5 Å². The molecule has 0 aliphatic carbocycles. The van der Waals surface area contributed by atoms with Crippen LogP contribution in [0.5, 0.6) is 0 Å². The van der Waals surface area contributed by atoms with Crippen LogP contribution in [0.4, 0.5) is 17.6 Å². The second-order valence-electron chi connectivity index (χ2n) is 4.48. The average Bonchev–Trinajstić information content (AvgIpc) is 2.37. The molecule has 20 heavy (non-hydrogen) atoms. The minimum absolute atomic E-state index is 0.0248. The minimum atomic E-state index is -4.44. The van der Waals surface area contributed by atoms with Crippen molar-refractivity contribution >= 4 is 6.08 Å². The topological polar surface area (TPSA) is 0 Å². The summed E-state index contributed by atoms with van der Waals surface area (Å²) < 4.78 is 49.9. The van der Waals surface area contributed by atoms with Gasteiger partial charge in [0.15, 0.2) is 0 Å². The number of hydrogen-bond donors (Lipinski definition) is 0. The van der Waals surface area contributed by atoms with E-state index in [1.807, 2.05) is 31.2 Å². The molecule has 0 saturated heterocycles. The molecule has 0 amide bonds. The van der Waals surface area contributed by atoms with E-state index in [0.717, 1.165) is 17.2 Å². The molecule has 2 aromatic rings. The lowest BCUT2D eigenvalue weighted by Crippen LogP contribution is -2.00. The van der Waals surface area contributed by atoms with Gasteiger partial charge < -0.3 is 0 Å². The fourth-order valence-electron chi connectivity index (χ4n) is 1.77. The summed E-state index contributed by atoms with van der Waals surface area (Å²) in [6.45, 7) is 1.94. The minimum Gasteiger partial charge on any atom is -0.206 e. The van der Waals surface area contributed by atoms with Crippen molar-refractivity contribution in [3.05, 3.63) is 65.5 Å². The number of benzene rings is 2. The highest BCUT2D eigenvalue weighted by Crippen LogP contribution is 2.24. The molecule has 4 heteroatoms. The maximum Gasteiger partial charge on any atom is 0.409 e. The molecular weight excluding hydrogens is 268 g/mol. The summed E-state index contributed by atoms with van der Waals surface area (Å²) in [5, 5.41) is 0. The van der Waals surface area contributed by atoms with E-state index in [4.69, 9.17) is 0 Å². The SMILES string of the molecule is Cc1ccc(-c2ccc(/C=C/C(F)(F)F)c(F)c2)cc1. The van der Waals surface area contributed by atoms with Crippen LogP contribution in [0, 0.1) is 12.7 Å². The second-order valence-corrected chi connectivity index (χ2v) is 4.48. The van der Waals surface area contributed by atoms with Crippen molar-refractivity contribution in [2.75, 3.05) is 0 Å². The summed E-state index contributed by atoms with van der Waals surface area (Å²) in [4.78, 5) is 0. The zero-order valence-electron chi connectivity index (χ0n) is 10.7. The first-order valence-corrected chi connectivity index (χ1v) is 5.98. The summed E-state index contributed by atoms with van der Waals surface area (Å²) in [6.07, 6.45) is -3.69. The van der Waals surface area contributed by atoms with Gasteiger partial charge in [0, 0.05) is 11.6 Å². The molecular formula is C16H12F4. The monoisotopic (exact) mass is 280 g/mol. The molecule has 104 valence electrons. The highest BCUT2D eigenvalue weighted by molar-refractivity contribution is 5.66. The number of hydrogen-bond acceptors (Lipinski definition) is 0. The Labute approximate surface area is 114 Å². The van der Waals surface area contributed by atoms with Crippen molar-refractivity contribution in [3.63, 3.8) is 0 Å². The van der Waals surface area contributed by atoms with Crippen LogP contribution in [0.1, 0.15) is 11.1 Å². The number of rotatable bonds is 2. The maximum atomic E-state index is 13.8. The molecule has 0 aliphatic heterocycles. The normalized spacial score (nSPS) is 12.1. The summed E-state index contributed by atoms with van der Waals surface area (Å²) in [7, 11) is 0. The molecule has 0 atom stereocenters. The van der Waals surface area contributed by atoms with Crippen molar-refractivity contribution in [3.8, 4) is 11.1 Å². The van der Waals surface area contributed by atoms with Crippen molar-refractivity contribution in [1.82, 2.24) is 0 Å². The molecule has 0 saturated carbocycles. The smallest absolute Gasteiger partial charge is 0.206 e. The number of alkyl halides is 3. The molecule has 0 spiro atoms. The number of allylic oxidation sites excluding steroid dienone is 1. The van der Waals surface area contributed by atoms with Gasteiger partial charge in [0.05, 0.1) is 0 Å². The quantitative estimate of drug-likeness (QED) is 0.648. The molecule has 0 N–H and O–H groups in total. The standard InChI is InChI=1S/C16H12F4/c1-11-2-4-12(5-3-11)14-7-6-13(15(17)10-14)8-9-16(18,19)20/h2-10H,1H3/b9-8+. The molecule has 0 nitrogen and oxygen atoms in total. The Bertz CT molecular complexity index is 622. The molecule has 0 aliphatic rings. The molecule has 0 heterocycles. The van der Waals surface area contributed by atoms with Crippen LogP contribution in [0.2, 0.25) is 0 Å². The van der Waals surface area contributed by atoms with Gasteiger partial charge in [-0.15, -0.1) is 0 Å². The third-order valence-electron chi connectivity index (χ3n) is 2.84. The summed E-state index contributed by atoms with van der Waals surface area (Å²) in [5.74, 6) is -0.677. The zero-order valence-corrected chi connectivity index (χ0v) is 10.7. The lowest BCUT2D eigenvalue weighted by atomic mass is 10.0. The van der Waals surface area contributed by atoms with E-state index in [9.17, 15) is 17.6 Å². The van der Waals surface area contributed by atoms with Gasteiger partial charge in [-0.2, -0.15) is 13.2 Å². The van der Waals surface area contributed by atoms with Gasteiger partial charge in [0.2, 0.25) is 0 Å². The van der Waals surface area contributed by atoms with Gasteiger partial charge in [0.1, 0.15) is 5.82 Å². The first-order chi connectivity index (χ1) is 9.35. The fourth-order valence-corrected chi connectivity index (χ4v) is 1.77. The lowest BCUT2D eigenvalue weighted by molar-refractivity contribution is -0.0790. The van der Waals surface area contributed by atoms with Crippen LogP contribution in [0.3, 0.4) is 0 Å². The van der Waals surface area contributed by atoms with E-state index in [1.54, 1.807) is 6.07 Å². The Morgan fingerprint density at radius 3 is 2.05 bits per heavy atom. The third kappa shape index (κ3) is 3.70. The van der Waals surface area contributed by atoms with Crippen LogP contribution in [0.25, 0.3) is 17.2 Å². The summed E-state index contributed by atoms with van der Waals surface area (Å²) in [5.41, 5.74) is 2.45. The van der Waals surface area contributed by atoms with Crippen molar-refractivity contribution in [2.45, 2.75) is 13.1 Å². The Morgan fingerprint density at radius 1 is 0.900 bits per heavy atom. The van der Waals surface area contributed by atoms with Gasteiger partial charge in [0.25, 0.3) is 0 Å². The molecule has 0 radical (unpaired) electrons. The van der Waals surface area contributed by atoms with Gasteiger partial charge in [-0.05, 0) is 30.2 Å². The van der Waals surface area contributed by atoms with Crippen molar-refractivity contribution in [1.29, 1.82) is 0 Å². The van der Waals surface area contributed by atoms with Crippen LogP contribution in [-0.2, 0) is 0 Å². The van der Waals surface area contributed by atoms with E-state index in [0.29, 0.717) is 5.56 Å². The summed E-state index contributed by atoms with van der Waals surface area (Å²) >= 11 is 0. The second kappa shape index (κ2) is 5.49. The zero-order chi connectivity index (χ0) is 14.8. The van der Waals surface area contributed by atoms with E-state index in [-0.39, 0.29) is 11.6 Å². The van der Waals surface area contributed by atoms with Gasteiger partial charge in [-0.25, -0.2) is 4.39 Å². The lowest BCUT2D eigenvalue weighted by Gasteiger charge is -2.05. The van der Waals surface area contributed by atoms with E-state index in [2.05, 4.69) is 0 Å². The Morgan fingerprint density at radius 2 is 1.50 bits per heavy atom. The number of halogens is 4. The Kier molecular flexibility index (Phi) is 3.93. The van der Waals surface area contributed by atoms with Gasteiger partial charge >= 0.3 is 6.18 Å². The highest BCUT2D eigenvalue weighted by Gasteiger charge is 2.22. The molecule has 0 aromatic heterocycles. The van der Waals surface area contributed by atoms with E-state index in [1.165, 1.54) is 12.1 Å². The highest BCUT2D eigenvalue weighted by atomic mass is 19.4. The van der Waals surface area contributed by atoms with Crippen LogP contribution >= 0.6 is 0 Å². The van der Waals surface area contributed by atoms with Crippen molar-refractivity contribution in [2.24, 2.45) is 0 Å². The predicted octanol–water partition coefficient (Wildman–Crippen LogP) is 5.38. The fraction of sp³-hybridized carbons (Fsp3) is 0.125. The molecule has 2 aromatic carbocycles. The van der Waals surface area contributed by atoms with Gasteiger partial charge in [-0.1, -0.05) is 42.0 Å². The largest absolute Gasteiger partial charge is 0.409 e. The van der Waals surface area contributed by atoms with Gasteiger partial charge in [-0.3, -0.25) is 0 Å². The summed E-state index contributed by atoms with van der Waals surface area (Å²) in [6, 6.07) is 11.7. The number of aryl methyl sites for hydroxylation is 1. The first-order valence-electron chi connectivity index (χ1n) is 5.98. The van der Waals surface area contributed by atoms with E-state index < -0.39 is 12.0 Å². The third-order valence-corrected chi connectivity index (χ3v) is 2.84. The Hall–Kier alpha value is -2.10. The van der Waals surface area contributed by atoms with Crippen LogP contribution in [-0.4, -0.2) is 6.18 Å².